The topological polar surface area (TPSA) is 74.8 Å². The highest BCUT2D eigenvalue weighted by atomic mass is 32.2. The average molecular weight is 415 g/mol. The van der Waals surface area contributed by atoms with Gasteiger partial charge in [-0.1, -0.05) is 36.4 Å². The van der Waals surface area contributed by atoms with Crippen molar-refractivity contribution in [1.29, 1.82) is 0 Å². The molecule has 2 aromatic rings. The summed E-state index contributed by atoms with van der Waals surface area (Å²) in [7, 11) is -3.36. The van der Waals surface area contributed by atoms with Crippen LogP contribution in [0.15, 0.2) is 59.5 Å². The number of hydrogen-bond donors (Lipinski definition) is 0. The van der Waals surface area contributed by atoms with Crippen LogP contribution in [0, 0.1) is 0 Å². The lowest BCUT2D eigenvalue weighted by Crippen LogP contribution is -2.50. The van der Waals surface area contributed by atoms with Crippen molar-refractivity contribution in [2.45, 2.75) is 24.2 Å². The van der Waals surface area contributed by atoms with Crippen LogP contribution in [0.2, 0.25) is 0 Å². The lowest BCUT2D eigenvalue weighted by atomic mass is 10.1. The molecule has 2 amide bonds. The smallest absolute Gasteiger partial charge is 0.254 e. The largest absolute Gasteiger partial charge is 0.339 e. The third-order valence-electron chi connectivity index (χ3n) is 5.13. The number of amides is 2. The van der Waals surface area contributed by atoms with Crippen LogP contribution in [0.4, 0.5) is 0 Å². The van der Waals surface area contributed by atoms with E-state index in [1.54, 1.807) is 17.0 Å². The summed E-state index contributed by atoms with van der Waals surface area (Å²) in [5.74, 6) is -0.0845. The average Bonchev–Trinajstić information content (AvgIpc) is 2.73. The molecule has 0 aliphatic carbocycles. The molecule has 0 atom stereocenters. The van der Waals surface area contributed by atoms with Gasteiger partial charge in [-0.05, 0) is 36.6 Å². The van der Waals surface area contributed by atoms with Gasteiger partial charge >= 0.3 is 0 Å². The first-order valence-corrected chi connectivity index (χ1v) is 11.6. The molecule has 3 rings (SSSR count). The predicted molar refractivity (Wildman–Crippen MR) is 111 cm³/mol. The third-order valence-corrected chi connectivity index (χ3v) is 6.24. The van der Waals surface area contributed by atoms with Crippen molar-refractivity contribution in [2.24, 2.45) is 0 Å². The van der Waals surface area contributed by atoms with Gasteiger partial charge in [-0.2, -0.15) is 0 Å². The SMILES string of the molecule is CS(=O)(=O)c1cccc(C(=O)N2CCN(C(=O)CCCc3ccccc3)CC2)c1. The number of piperazine rings is 1. The fourth-order valence-electron chi connectivity index (χ4n) is 3.45. The van der Waals surface area contributed by atoms with Crippen LogP contribution in [0.1, 0.15) is 28.8 Å². The minimum absolute atomic E-state index is 0.118. The normalized spacial score (nSPS) is 14.7. The molecule has 6 nitrogen and oxygen atoms in total. The van der Waals surface area contributed by atoms with E-state index in [-0.39, 0.29) is 16.7 Å². The first-order chi connectivity index (χ1) is 13.8. The maximum absolute atomic E-state index is 12.7. The standard InChI is InChI=1S/C22H26N2O4S/c1-29(27,28)20-11-6-10-19(17-20)22(26)24-15-13-23(14-16-24)21(25)12-5-9-18-7-3-2-4-8-18/h2-4,6-8,10-11,17H,5,9,12-16H2,1H3. The summed E-state index contributed by atoms with van der Waals surface area (Å²) in [5.41, 5.74) is 1.59. The number of carbonyl (C=O) groups excluding carboxylic acids is 2. The number of aryl methyl sites for hydroxylation is 1. The molecule has 29 heavy (non-hydrogen) atoms. The Bertz CT molecular complexity index is 965. The molecule has 0 saturated carbocycles. The summed E-state index contributed by atoms with van der Waals surface area (Å²) in [4.78, 5) is 28.8. The molecule has 1 aliphatic rings. The van der Waals surface area contributed by atoms with Crippen molar-refractivity contribution >= 4 is 21.7 Å². The molecular weight excluding hydrogens is 388 g/mol. The lowest BCUT2D eigenvalue weighted by Gasteiger charge is -2.35. The monoisotopic (exact) mass is 414 g/mol. The molecule has 154 valence electrons. The molecule has 7 heteroatoms. The number of nitrogens with zero attached hydrogens (tertiary/aromatic N) is 2. The molecule has 1 aliphatic heterocycles. The number of hydrogen-bond acceptors (Lipinski definition) is 4. The number of sulfone groups is 1. The summed E-state index contributed by atoms with van der Waals surface area (Å²) >= 11 is 0. The lowest BCUT2D eigenvalue weighted by molar-refractivity contribution is -0.132. The molecule has 1 fully saturated rings. The van der Waals surface area contributed by atoms with Crippen molar-refractivity contribution in [1.82, 2.24) is 9.80 Å². The van der Waals surface area contributed by atoms with E-state index < -0.39 is 9.84 Å². The Morgan fingerprint density at radius 3 is 2.21 bits per heavy atom. The maximum Gasteiger partial charge on any atom is 0.254 e. The van der Waals surface area contributed by atoms with E-state index in [9.17, 15) is 18.0 Å². The molecular formula is C22H26N2O4S. The van der Waals surface area contributed by atoms with E-state index in [2.05, 4.69) is 12.1 Å². The summed E-state index contributed by atoms with van der Waals surface area (Å²) in [5, 5.41) is 0. The molecule has 0 unspecified atom stereocenters. The summed E-state index contributed by atoms with van der Waals surface area (Å²) in [6.45, 7) is 1.90. The van der Waals surface area contributed by atoms with Crippen LogP contribution in [0.3, 0.4) is 0 Å². The molecule has 1 heterocycles. The second-order valence-corrected chi connectivity index (χ2v) is 9.33. The minimum atomic E-state index is -3.36. The molecule has 0 spiro atoms. The summed E-state index contributed by atoms with van der Waals surface area (Å²) in [6.07, 6.45) is 3.31. The highest BCUT2D eigenvalue weighted by molar-refractivity contribution is 7.90. The number of rotatable bonds is 6. The Morgan fingerprint density at radius 2 is 1.55 bits per heavy atom. The van der Waals surface area contributed by atoms with Crippen molar-refractivity contribution in [2.75, 3.05) is 32.4 Å². The Morgan fingerprint density at radius 1 is 0.897 bits per heavy atom. The van der Waals surface area contributed by atoms with Gasteiger partial charge < -0.3 is 9.80 Å². The Labute approximate surface area is 172 Å². The van der Waals surface area contributed by atoms with E-state index in [1.807, 2.05) is 23.1 Å². The quantitative estimate of drug-likeness (QED) is 0.727. The fourth-order valence-corrected chi connectivity index (χ4v) is 4.11. The van der Waals surface area contributed by atoms with Crippen LogP contribution in [0.5, 0.6) is 0 Å². The van der Waals surface area contributed by atoms with Crippen LogP contribution in [0.25, 0.3) is 0 Å². The first-order valence-electron chi connectivity index (χ1n) is 9.76. The summed E-state index contributed by atoms with van der Waals surface area (Å²) < 4.78 is 23.4. The zero-order valence-electron chi connectivity index (χ0n) is 16.6. The van der Waals surface area contributed by atoms with Gasteiger partial charge in [-0.15, -0.1) is 0 Å². The van der Waals surface area contributed by atoms with Gasteiger partial charge in [0, 0.05) is 44.4 Å². The van der Waals surface area contributed by atoms with E-state index in [4.69, 9.17) is 0 Å². The third kappa shape index (κ3) is 5.67. The van der Waals surface area contributed by atoms with Crippen LogP contribution in [-0.4, -0.2) is 62.5 Å². The number of benzene rings is 2. The van der Waals surface area contributed by atoms with Gasteiger partial charge in [0.2, 0.25) is 5.91 Å². The molecule has 0 N–H and O–H groups in total. The maximum atomic E-state index is 12.7. The van der Waals surface area contributed by atoms with Gasteiger partial charge in [0.25, 0.3) is 5.91 Å². The Balaban J connectivity index is 1.49. The van der Waals surface area contributed by atoms with Gasteiger partial charge in [0.1, 0.15) is 0 Å². The van der Waals surface area contributed by atoms with E-state index in [0.29, 0.717) is 38.2 Å². The summed E-state index contributed by atoms with van der Waals surface area (Å²) in [6, 6.07) is 16.2. The van der Waals surface area contributed by atoms with Gasteiger partial charge in [0.05, 0.1) is 4.90 Å². The zero-order valence-corrected chi connectivity index (χ0v) is 17.4. The van der Waals surface area contributed by atoms with Crippen molar-refractivity contribution in [3.8, 4) is 0 Å². The van der Waals surface area contributed by atoms with Crippen LogP contribution < -0.4 is 0 Å². The highest BCUT2D eigenvalue weighted by Crippen LogP contribution is 2.15. The van der Waals surface area contributed by atoms with E-state index in [1.165, 1.54) is 17.7 Å². The second-order valence-electron chi connectivity index (χ2n) is 7.31. The predicted octanol–water partition coefficient (Wildman–Crippen LogP) is 2.40. The molecule has 0 aromatic heterocycles. The van der Waals surface area contributed by atoms with Gasteiger partial charge in [-0.25, -0.2) is 8.42 Å². The second kappa shape index (κ2) is 9.22. The molecule has 2 aromatic carbocycles. The Hall–Kier alpha value is -2.67. The first kappa shape index (κ1) is 21.0. The van der Waals surface area contributed by atoms with E-state index >= 15 is 0 Å². The van der Waals surface area contributed by atoms with Crippen molar-refractivity contribution in [3.63, 3.8) is 0 Å². The van der Waals surface area contributed by atoms with Crippen LogP contribution in [-0.2, 0) is 21.1 Å². The van der Waals surface area contributed by atoms with Crippen molar-refractivity contribution < 1.29 is 18.0 Å². The Kier molecular flexibility index (Phi) is 6.69. The van der Waals surface area contributed by atoms with E-state index in [0.717, 1.165) is 19.1 Å². The van der Waals surface area contributed by atoms with Crippen LogP contribution >= 0.6 is 0 Å². The molecule has 0 radical (unpaired) electrons. The van der Waals surface area contributed by atoms with Gasteiger partial charge in [-0.3, -0.25) is 9.59 Å². The molecule has 1 saturated heterocycles. The number of carbonyl (C=O) groups is 2. The highest BCUT2D eigenvalue weighted by Gasteiger charge is 2.25. The fraction of sp³-hybridized carbons (Fsp3) is 0.364. The molecule has 0 bridgehead atoms. The zero-order chi connectivity index (χ0) is 20.9. The minimum Gasteiger partial charge on any atom is -0.339 e. The van der Waals surface area contributed by atoms with Gasteiger partial charge in [0.15, 0.2) is 9.84 Å². The van der Waals surface area contributed by atoms with Crippen molar-refractivity contribution in [3.05, 3.63) is 65.7 Å².